The van der Waals surface area contributed by atoms with E-state index in [1.165, 1.54) is 6.20 Å². The summed E-state index contributed by atoms with van der Waals surface area (Å²) >= 11 is 0. The Bertz CT molecular complexity index is 1210. The molecule has 1 saturated heterocycles. The number of ether oxygens (including phenoxy) is 2. The molecule has 4 rings (SSSR count). The first kappa shape index (κ1) is 25.4. The van der Waals surface area contributed by atoms with Gasteiger partial charge in [-0.1, -0.05) is 5.21 Å². The first-order valence-electron chi connectivity index (χ1n) is 12.3. The molecule has 194 valence electrons. The summed E-state index contributed by atoms with van der Waals surface area (Å²) in [6.07, 6.45) is 7.23. The van der Waals surface area contributed by atoms with Crippen molar-refractivity contribution in [3.05, 3.63) is 35.9 Å². The molecule has 3 aromatic rings. The van der Waals surface area contributed by atoms with E-state index in [2.05, 4.69) is 25.6 Å². The molecule has 0 aromatic carbocycles. The molecule has 1 aliphatic rings. The highest BCUT2D eigenvalue weighted by Crippen LogP contribution is 2.35. The van der Waals surface area contributed by atoms with Crippen LogP contribution in [0.4, 0.5) is 10.6 Å². The van der Waals surface area contributed by atoms with Gasteiger partial charge in [0.15, 0.2) is 5.65 Å². The summed E-state index contributed by atoms with van der Waals surface area (Å²) in [6, 6.07) is 1.84. The van der Waals surface area contributed by atoms with Crippen molar-refractivity contribution in [2.45, 2.75) is 78.1 Å². The number of hydrogen-bond donors (Lipinski definition) is 1. The molecular formula is C24H34N8O4. The molecule has 1 amide bonds. The fourth-order valence-corrected chi connectivity index (χ4v) is 4.31. The average Bonchev–Trinajstić information content (AvgIpc) is 3.54. The van der Waals surface area contributed by atoms with E-state index in [-0.39, 0.29) is 18.7 Å². The van der Waals surface area contributed by atoms with Crippen LogP contribution in [0.3, 0.4) is 0 Å². The van der Waals surface area contributed by atoms with Gasteiger partial charge < -0.3 is 19.7 Å². The number of nitrogens with zero attached hydrogens (tertiary/aromatic N) is 7. The molecule has 12 heteroatoms. The third-order valence-corrected chi connectivity index (χ3v) is 5.92. The maximum atomic E-state index is 12.3. The van der Waals surface area contributed by atoms with E-state index >= 15 is 0 Å². The van der Waals surface area contributed by atoms with Gasteiger partial charge in [-0.05, 0) is 59.9 Å². The van der Waals surface area contributed by atoms with Crippen LogP contribution in [0.2, 0.25) is 0 Å². The molecule has 0 saturated carbocycles. The number of aromatic nitrogens is 6. The first-order chi connectivity index (χ1) is 17.2. The van der Waals surface area contributed by atoms with Gasteiger partial charge in [-0.25, -0.2) is 23.8 Å². The summed E-state index contributed by atoms with van der Waals surface area (Å²) in [7, 11) is 0. The molecular weight excluding hydrogens is 464 g/mol. The molecule has 1 N–H and O–H groups in total. The lowest BCUT2D eigenvalue weighted by Crippen LogP contribution is -2.38. The van der Waals surface area contributed by atoms with Crippen LogP contribution in [0.25, 0.3) is 5.65 Å². The van der Waals surface area contributed by atoms with E-state index in [9.17, 15) is 9.59 Å². The van der Waals surface area contributed by atoms with Crippen LogP contribution in [0, 0.1) is 0 Å². The first-order valence-corrected chi connectivity index (χ1v) is 12.3. The summed E-state index contributed by atoms with van der Waals surface area (Å²) < 4.78 is 14.0. The third-order valence-electron chi connectivity index (χ3n) is 5.92. The molecule has 1 unspecified atom stereocenters. The Morgan fingerprint density at radius 1 is 1.28 bits per heavy atom. The Hall–Kier alpha value is -3.70. The van der Waals surface area contributed by atoms with Gasteiger partial charge in [0.25, 0.3) is 0 Å². The smallest absolute Gasteiger partial charge is 0.407 e. The second-order valence-corrected chi connectivity index (χ2v) is 9.90. The predicted octanol–water partition coefficient (Wildman–Crippen LogP) is 3.14. The van der Waals surface area contributed by atoms with Crippen LogP contribution < -0.4 is 10.2 Å². The molecule has 12 nitrogen and oxygen atoms in total. The molecule has 0 radical (unpaired) electrons. The van der Waals surface area contributed by atoms with E-state index in [4.69, 9.17) is 14.5 Å². The van der Waals surface area contributed by atoms with Crippen LogP contribution >= 0.6 is 0 Å². The number of carbonyl (C=O) groups is 2. The molecule has 2 atom stereocenters. The van der Waals surface area contributed by atoms with Crippen molar-refractivity contribution in [2.75, 3.05) is 18.1 Å². The highest BCUT2D eigenvalue weighted by molar-refractivity contribution is 5.95. The van der Waals surface area contributed by atoms with Crippen LogP contribution in [0.15, 0.2) is 24.7 Å². The molecule has 4 heterocycles. The van der Waals surface area contributed by atoms with Crippen molar-refractivity contribution in [1.82, 2.24) is 34.9 Å². The zero-order valence-electron chi connectivity index (χ0n) is 21.5. The summed E-state index contributed by atoms with van der Waals surface area (Å²) in [4.78, 5) is 31.4. The van der Waals surface area contributed by atoms with Crippen LogP contribution in [0.1, 0.15) is 76.0 Å². The number of nitrogens with one attached hydrogen (secondary N) is 1. The van der Waals surface area contributed by atoms with Gasteiger partial charge in [0.2, 0.25) is 0 Å². The lowest BCUT2D eigenvalue weighted by Gasteiger charge is -2.26. The standard InChI is InChI=1S/C24H34N8O4/c1-6-35-22(33)17-14-26-32-13-10-20(28-21(17)32)30-11-7-8-18(30)19-15-25-29-31(19)12-9-16(2)27-23(34)36-24(3,4)5/h10,13-16,18H,6-9,11-12H2,1-5H3,(H,27,34)/t16?,18-/m1/s1. The number of hydrogen-bond acceptors (Lipinski definition) is 9. The van der Waals surface area contributed by atoms with Crippen LogP contribution in [0.5, 0.6) is 0 Å². The maximum Gasteiger partial charge on any atom is 0.407 e. The van der Waals surface area contributed by atoms with Gasteiger partial charge in [0.05, 0.1) is 30.7 Å². The van der Waals surface area contributed by atoms with Crippen molar-refractivity contribution < 1.29 is 19.1 Å². The lowest BCUT2D eigenvalue weighted by atomic mass is 10.1. The van der Waals surface area contributed by atoms with E-state index in [0.29, 0.717) is 24.2 Å². The van der Waals surface area contributed by atoms with Crippen molar-refractivity contribution in [3.8, 4) is 0 Å². The molecule has 0 bridgehead atoms. The second-order valence-electron chi connectivity index (χ2n) is 9.90. The van der Waals surface area contributed by atoms with Gasteiger partial charge in [0.1, 0.15) is 17.0 Å². The van der Waals surface area contributed by atoms with Gasteiger partial charge in [0, 0.05) is 25.3 Å². The quantitative estimate of drug-likeness (QED) is 0.466. The highest BCUT2D eigenvalue weighted by Gasteiger charge is 2.31. The minimum Gasteiger partial charge on any atom is -0.462 e. The predicted molar refractivity (Wildman–Crippen MR) is 132 cm³/mol. The van der Waals surface area contributed by atoms with Crippen molar-refractivity contribution in [3.63, 3.8) is 0 Å². The molecule has 0 aliphatic carbocycles. The molecule has 0 spiro atoms. The van der Waals surface area contributed by atoms with E-state index < -0.39 is 17.7 Å². The molecule has 1 aliphatic heterocycles. The fraction of sp³-hybridized carbons (Fsp3) is 0.583. The van der Waals surface area contributed by atoms with Crippen LogP contribution in [-0.2, 0) is 16.0 Å². The summed E-state index contributed by atoms with van der Waals surface area (Å²) in [5, 5.41) is 15.6. The lowest BCUT2D eigenvalue weighted by molar-refractivity contribution is 0.0500. The number of carbonyl (C=O) groups excluding carboxylic acids is 2. The normalized spacial score (nSPS) is 16.8. The zero-order valence-corrected chi connectivity index (χ0v) is 21.5. The Morgan fingerprint density at radius 3 is 2.83 bits per heavy atom. The SMILES string of the molecule is CCOC(=O)c1cnn2ccc(N3CCC[C@@H]3c3cnnn3CCC(C)NC(=O)OC(C)(C)C)nc12. The van der Waals surface area contributed by atoms with Gasteiger partial charge in [-0.3, -0.25) is 0 Å². The Labute approximate surface area is 210 Å². The van der Waals surface area contributed by atoms with Gasteiger partial charge in [-0.2, -0.15) is 5.10 Å². The van der Waals surface area contributed by atoms with Gasteiger partial charge >= 0.3 is 12.1 Å². The zero-order chi connectivity index (χ0) is 25.9. The third kappa shape index (κ3) is 5.74. The number of aryl methyl sites for hydroxylation is 1. The van der Waals surface area contributed by atoms with Crippen molar-refractivity contribution in [2.24, 2.45) is 0 Å². The number of amides is 1. The van der Waals surface area contributed by atoms with Crippen molar-refractivity contribution in [1.29, 1.82) is 0 Å². The minimum atomic E-state index is -0.542. The number of anilines is 1. The van der Waals surface area contributed by atoms with E-state index in [0.717, 1.165) is 30.9 Å². The minimum absolute atomic E-state index is 0.0398. The molecule has 36 heavy (non-hydrogen) atoms. The monoisotopic (exact) mass is 498 g/mol. The topological polar surface area (TPSA) is 129 Å². The Kier molecular flexibility index (Phi) is 7.41. The summed E-state index contributed by atoms with van der Waals surface area (Å²) in [5.41, 5.74) is 1.25. The van der Waals surface area contributed by atoms with Gasteiger partial charge in [-0.15, -0.1) is 5.10 Å². The summed E-state index contributed by atoms with van der Waals surface area (Å²) in [6.45, 7) is 10.9. The fourth-order valence-electron chi connectivity index (χ4n) is 4.31. The highest BCUT2D eigenvalue weighted by atomic mass is 16.6. The Balaban J connectivity index is 1.47. The molecule has 1 fully saturated rings. The summed E-state index contributed by atoms with van der Waals surface area (Å²) in [5.74, 6) is 0.315. The van der Waals surface area contributed by atoms with Crippen LogP contribution in [-0.4, -0.2) is 66.4 Å². The number of fused-ring (bicyclic) bond motifs is 1. The maximum absolute atomic E-state index is 12.3. The largest absolute Gasteiger partial charge is 0.462 e. The van der Waals surface area contributed by atoms with E-state index in [1.807, 2.05) is 38.4 Å². The number of esters is 1. The molecule has 3 aromatic heterocycles. The second kappa shape index (κ2) is 10.5. The average molecular weight is 499 g/mol. The number of rotatable bonds is 8. The van der Waals surface area contributed by atoms with Crippen molar-refractivity contribution >= 4 is 23.5 Å². The Morgan fingerprint density at radius 2 is 2.08 bits per heavy atom. The number of alkyl carbamates (subject to hydrolysis) is 1. The van der Waals surface area contributed by atoms with E-state index in [1.54, 1.807) is 23.8 Å².